The normalized spacial score (nSPS) is 18.3. The summed E-state index contributed by atoms with van der Waals surface area (Å²) in [4.78, 5) is 37.7. The van der Waals surface area contributed by atoms with Crippen LogP contribution in [0.4, 0.5) is 17.1 Å². The van der Waals surface area contributed by atoms with Gasteiger partial charge >= 0.3 is 0 Å². The van der Waals surface area contributed by atoms with Gasteiger partial charge in [-0.3, -0.25) is 14.4 Å². The average Bonchev–Trinajstić information content (AvgIpc) is 3.09. The lowest BCUT2D eigenvalue weighted by molar-refractivity contribution is -0.122. The topological polar surface area (TPSA) is 87.7 Å². The minimum atomic E-state index is -0.535. The molecule has 2 N–H and O–H groups in total. The SMILES string of the molecule is C[C@H]1Oc2ccc(NC(=O)Cc3ccc(N4CCCC4=O)cc3)cc2NC1=O. The number of ether oxygens (including phenoxy) is 1. The molecule has 2 heterocycles. The lowest BCUT2D eigenvalue weighted by Crippen LogP contribution is -2.34. The van der Waals surface area contributed by atoms with Crippen molar-refractivity contribution in [1.29, 1.82) is 0 Å². The number of fused-ring (bicyclic) bond motifs is 1. The molecule has 144 valence electrons. The van der Waals surface area contributed by atoms with Crippen molar-refractivity contribution >= 4 is 34.8 Å². The standard InChI is InChI=1S/C21H21N3O4/c1-13-21(27)23-17-12-15(6-9-18(17)28-13)22-19(25)11-14-4-7-16(8-5-14)24-10-2-3-20(24)26/h4-9,12-13H,2-3,10-11H2,1H3,(H,22,25)(H,23,27)/t13-/m1/s1. The first-order valence-electron chi connectivity index (χ1n) is 9.30. The Bertz CT molecular complexity index is 939. The van der Waals surface area contributed by atoms with Gasteiger partial charge in [0.2, 0.25) is 11.8 Å². The van der Waals surface area contributed by atoms with E-state index in [9.17, 15) is 14.4 Å². The largest absolute Gasteiger partial charge is 0.479 e. The molecular formula is C21H21N3O4. The van der Waals surface area contributed by atoms with Crippen LogP contribution in [0.1, 0.15) is 25.3 Å². The Kier molecular flexibility index (Phi) is 4.73. The molecule has 2 aromatic carbocycles. The maximum absolute atomic E-state index is 12.4. The van der Waals surface area contributed by atoms with Crippen LogP contribution in [-0.2, 0) is 20.8 Å². The van der Waals surface area contributed by atoms with Crippen LogP contribution in [0.2, 0.25) is 0 Å². The van der Waals surface area contributed by atoms with Gasteiger partial charge in [-0.05, 0) is 49.2 Å². The van der Waals surface area contributed by atoms with Crippen LogP contribution in [0.5, 0.6) is 5.75 Å². The van der Waals surface area contributed by atoms with Crippen LogP contribution in [-0.4, -0.2) is 30.4 Å². The molecule has 3 amide bonds. The Morgan fingerprint density at radius 2 is 2.00 bits per heavy atom. The number of amides is 3. The first-order chi connectivity index (χ1) is 13.5. The zero-order chi connectivity index (χ0) is 19.7. The number of carbonyl (C=O) groups excluding carboxylic acids is 3. The predicted molar refractivity (Wildman–Crippen MR) is 106 cm³/mol. The van der Waals surface area contributed by atoms with Gasteiger partial charge in [0.1, 0.15) is 5.75 Å². The van der Waals surface area contributed by atoms with E-state index in [1.807, 2.05) is 24.3 Å². The predicted octanol–water partition coefficient (Wildman–Crippen LogP) is 2.71. The average molecular weight is 379 g/mol. The number of nitrogens with one attached hydrogen (secondary N) is 2. The Hall–Kier alpha value is -3.35. The quantitative estimate of drug-likeness (QED) is 0.855. The molecule has 2 aromatic rings. The smallest absolute Gasteiger partial charge is 0.265 e. The summed E-state index contributed by atoms with van der Waals surface area (Å²) in [6.45, 7) is 2.43. The molecule has 0 saturated carbocycles. The lowest BCUT2D eigenvalue weighted by atomic mass is 10.1. The van der Waals surface area contributed by atoms with Crippen molar-refractivity contribution in [3.05, 3.63) is 48.0 Å². The van der Waals surface area contributed by atoms with Gasteiger partial charge in [-0.1, -0.05) is 12.1 Å². The van der Waals surface area contributed by atoms with Crippen molar-refractivity contribution in [3.8, 4) is 5.75 Å². The van der Waals surface area contributed by atoms with E-state index in [2.05, 4.69) is 10.6 Å². The third-order valence-electron chi connectivity index (χ3n) is 4.88. The summed E-state index contributed by atoms with van der Waals surface area (Å²) in [5.74, 6) is 0.342. The monoisotopic (exact) mass is 379 g/mol. The van der Waals surface area contributed by atoms with Crippen molar-refractivity contribution < 1.29 is 19.1 Å². The highest BCUT2D eigenvalue weighted by atomic mass is 16.5. The van der Waals surface area contributed by atoms with E-state index in [0.29, 0.717) is 23.5 Å². The Morgan fingerprint density at radius 3 is 2.71 bits per heavy atom. The van der Waals surface area contributed by atoms with E-state index in [1.54, 1.807) is 30.0 Å². The van der Waals surface area contributed by atoms with Crippen molar-refractivity contribution in [2.24, 2.45) is 0 Å². The molecule has 7 nitrogen and oxygen atoms in total. The summed E-state index contributed by atoms with van der Waals surface area (Å²) in [6, 6.07) is 12.6. The number of hydrogen-bond donors (Lipinski definition) is 2. The zero-order valence-electron chi connectivity index (χ0n) is 15.5. The van der Waals surface area contributed by atoms with E-state index in [0.717, 1.165) is 24.2 Å². The molecule has 0 aromatic heterocycles. The lowest BCUT2D eigenvalue weighted by Gasteiger charge is -2.23. The van der Waals surface area contributed by atoms with Gasteiger partial charge in [-0.2, -0.15) is 0 Å². The van der Waals surface area contributed by atoms with Gasteiger partial charge in [-0.15, -0.1) is 0 Å². The maximum Gasteiger partial charge on any atom is 0.265 e. The van der Waals surface area contributed by atoms with Crippen LogP contribution in [0, 0.1) is 0 Å². The summed E-state index contributed by atoms with van der Waals surface area (Å²) in [7, 11) is 0. The molecular weight excluding hydrogens is 358 g/mol. The molecule has 28 heavy (non-hydrogen) atoms. The number of benzene rings is 2. The van der Waals surface area contributed by atoms with Crippen molar-refractivity contribution in [2.75, 3.05) is 22.1 Å². The van der Waals surface area contributed by atoms with E-state index in [-0.39, 0.29) is 24.1 Å². The minimum absolute atomic E-state index is 0.142. The van der Waals surface area contributed by atoms with Crippen molar-refractivity contribution in [3.63, 3.8) is 0 Å². The highest BCUT2D eigenvalue weighted by molar-refractivity contribution is 5.99. The second-order valence-corrected chi connectivity index (χ2v) is 7.00. The van der Waals surface area contributed by atoms with E-state index >= 15 is 0 Å². The summed E-state index contributed by atoms with van der Waals surface area (Å²) < 4.78 is 5.51. The van der Waals surface area contributed by atoms with Crippen LogP contribution in [0.3, 0.4) is 0 Å². The van der Waals surface area contributed by atoms with Gasteiger partial charge in [0.15, 0.2) is 6.10 Å². The Balaban J connectivity index is 1.39. The molecule has 1 atom stereocenters. The van der Waals surface area contributed by atoms with Crippen LogP contribution < -0.4 is 20.3 Å². The third kappa shape index (κ3) is 3.69. The minimum Gasteiger partial charge on any atom is -0.479 e. The summed E-state index contributed by atoms with van der Waals surface area (Å²) >= 11 is 0. The molecule has 0 bridgehead atoms. The molecule has 4 rings (SSSR count). The third-order valence-corrected chi connectivity index (χ3v) is 4.88. The first-order valence-corrected chi connectivity index (χ1v) is 9.30. The molecule has 2 aliphatic heterocycles. The Labute approximate surface area is 162 Å². The number of hydrogen-bond acceptors (Lipinski definition) is 4. The van der Waals surface area contributed by atoms with Crippen LogP contribution >= 0.6 is 0 Å². The molecule has 0 spiro atoms. The maximum atomic E-state index is 12.4. The molecule has 2 aliphatic rings. The Morgan fingerprint density at radius 1 is 1.21 bits per heavy atom. The molecule has 0 aliphatic carbocycles. The summed E-state index contributed by atoms with van der Waals surface area (Å²) in [5.41, 5.74) is 2.85. The van der Waals surface area contributed by atoms with E-state index in [1.165, 1.54) is 0 Å². The number of carbonyl (C=O) groups is 3. The first kappa shape index (κ1) is 18.0. The van der Waals surface area contributed by atoms with Gasteiger partial charge in [-0.25, -0.2) is 0 Å². The van der Waals surface area contributed by atoms with Gasteiger partial charge < -0.3 is 20.3 Å². The van der Waals surface area contributed by atoms with Gasteiger partial charge in [0.05, 0.1) is 12.1 Å². The van der Waals surface area contributed by atoms with Crippen molar-refractivity contribution in [2.45, 2.75) is 32.3 Å². The number of rotatable bonds is 4. The van der Waals surface area contributed by atoms with Crippen LogP contribution in [0.25, 0.3) is 0 Å². The van der Waals surface area contributed by atoms with Crippen LogP contribution in [0.15, 0.2) is 42.5 Å². The van der Waals surface area contributed by atoms with E-state index < -0.39 is 6.10 Å². The summed E-state index contributed by atoms with van der Waals surface area (Å²) in [5, 5.41) is 5.60. The van der Waals surface area contributed by atoms with E-state index in [4.69, 9.17) is 4.74 Å². The van der Waals surface area contributed by atoms with Crippen molar-refractivity contribution in [1.82, 2.24) is 0 Å². The molecule has 1 saturated heterocycles. The second kappa shape index (κ2) is 7.34. The fraction of sp³-hybridized carbons (Fsp3) is 0.286. The summed E-state index contributed by atoms with van der Waals surface area (Å²) in [6.07, 6.45) is 1.15. The molecule has 7 heteroatoms. The van der Waals surface area contributed by atoms with Gasteiger partial charge in [0.25, 0.3) is 5.91 Å². The highest BCUT2D eigenvalue weighted by Crippen LogP contribution is 2.32. The highest BCUT2D eigenvalue weighted by Gasteiger charge is 2.24. The number of nitrogens with zero attached hydrogens (tertiary/aromatic N) is 1. The fourth-order valence-electron chi connectivity index (χ4n) is 3.39. The zero-order valence-corrected chi connectivity index (χ0v) is 15.5. The number of anilines is 3. The molecule has 0 radical (unpaired) electrons. The van der Waals surface area contributed by atoms with Gasteiger partial charge in [0, 0.05) is 24.3 Å². The molecule has 0 unspecified atom stereocenters. The molecule has 1 fully saturated rings. The second-order valence-electron chi connectivity index (χ2n) is 7.00. The fourth-order valence-corrected chi connectivity index (χ4v) is 3.39.